The van der Waals surface area contributed by atoms with Crippen molar-refractivity contribution in [3.63, 3.8) is 0 Å². The zero-order valence-corrected chi connectivity index (χ0v) is 9.44. The molecule has 0 saturated carbocycles. The highest BCUT2D eigenvalue weighted by atomic mass is 79.9. The number of esters is 1. The van der Waals surface area contributed by atoms with Crippen LogP contribution in [0, 0.1) is 0 Å². The normalized spacial score (nSPS) is 12.3. The lowest BCUT2D eigenvalue weighted by Gasteiger charge is -2.07. The fourth-order valence-corrected chi connectivity index (χ4v) is 1.02. The maximum Gasteiger partial charge on any atom is 0.334 e. The highest BCUT2D eigenvalue weighted by molar-refractivity contribution is 9.12. The Bertz CT molecular complexity index is 157. The van der Waals surface area contributed by atoms with Gasteiger partial charge < -0.3 is 4.74 Å². The van der Waals surface area contributed by atoms with Crippen LogP contribution >= 0.6 is 31.9 Å². The van der Waals surface area contributed by atoms with Crippen LogP contribution in [0.4, 0.5) is 0 Å². The van der Waals surface area contributed by atoms with Gasteiger partial charge in [-0.15, -0.1) is 0 Å². The molecule has 0 spiro atoms. The van der Waals surface area contributed by atoms with E-state index in [-0.39, 0.29) is 10.8 Å². The molecule has 2 nitrogen and oxygen atoms in total. The van der Waals surface area contributed by atoms with Gasteiger partial charge in [-0.25, -0.2) is 4.79 Å². The molecule has 0 fully saturated rings. The van der Waals surface area contributed by atoms with E-state index in [9.17, 15) is 4.79 Å². The Morgan fingerprint density at radius 1 is 1.73 bits per heavy atom. The fourth-order valence-electron chi connectivity index (χ4n) is 0.445. The minimum Gasteiger partial charge on any atom is -0.463 e. The molecular weight excluding hydrogens is 276 g/mol. The third-order valence-electron chi connectivity index (χ3n) is 1.05. The minimum absolute atomic E-state index is 0.0402. The van der Waals surface area contributed by atoms with Crippen LogP contribution in [0.2, 0.25) is 0 Å². The van der Waals surface area contributed by atoms with Crippen LogP contribution in [0.5, 0.6) is 0 Å². The number of carbonyl (C=O) groups is 1. The van der Waals surface area contributed by atoms with Crippen LogP contribution in [0.3, 0.4) is 0 Å². The molecule has 0 bridgehead atoms. The average molecular weight is 286 g/mol. The first-order valence-electron chi connectivity index (χ1n) is 3.19. The largest absolute Gasteiger partial charge is 0.463 e. The van der Waals surface area contributed by atoms with Gasteiger partial charge in [-0.05, 0) is 6.92 Å². The molecule has 0 N–H and O–H groups in total. The van der Waals surface area contributed by atoms with E-state index in [0.717, 1.165) is 0 Å². The van der Waals surface area contributed by atoms with E-state index >= 15 is 0 Å². The molecule has 1 atom stereocenters. The van der Waals surface area contributed by atoms with E-state index in [1.54, 1.807) is 6.92 Å². The number of rotatable bonds is 4. The van der Waals surface area contributed by atoms with Gasteiger partial charge in [-0.1, -0.05) is 38.4 Å². The van der Waals surface area contributed by atoms with Gasteiger partial charge in [0, 0.05) is 10.9 Å². The molecule has 0 amide bonds. The van der Waals surface area contributed by atoms with Crippen molar-refractivity contribution in [1.29, 1.82) is 0 Å². The predicted octanol–water partition coefficient (Wildman–Crippen LogP) is 2.26. The first-order chi connectivity index (χ1) is 5.13. The highest BCUT2D eigenvalue weighted by Gasteiger charge is 2.15. The van der Waals surface area contributed by atoms with Crippen LogP contribution in [0.15, 0.2) is 12.2 Å². The van der Waals surface area contributed by atoms with Gasteiger partial charge in [-0.2, -0.15) is 0 Å². The van der Waals surface area contributed by atoms with Crippen molar-refractivity contribution in [1.82, 2.24) is 0 Å². The summed E-state index contributed by atoms with van der Waals surface area (Å²) in [6.07, 6.45) is 0. The summed E-state index contributed by atoms with van der Waals surface area (Å²) in [5.74, 6) is -0.339. The van der Waals surface area contributed by atoms with Crippen LogP contribution < -0.4 is 0 Å². The molecule has 64 valence electrons. The molecule has 0 heterocycles. The van der Waals surface area contributed by atoms with Gasteiger partial charge >= 0.3 is 5.97 Å². The second-order valence-corrected chi connectivity index (χ2v) is 3.62. The lowest BCUT2D eigenvalue weighted by Crippen LogP contribution is -2.15. The first-order valence-corrected chi connectivity index (χ1v) is 5.23. The van der Waals surface area contributed by atoms with Crippen molar-refractivity contribution in [3.8, 4) is 0 Å². The molecule has 11 heavy (non-hydrogen) atoms. The number of alkyl halides is 2. The number of hydrogen-bond acceptors (Lipinski definition) is 2. The fraction of sp³-hybridized carbons (Fsp3) is 0.571. The molecule has 0 aromatic heterocycles. The van der Waals surface area contributed by atoms with Crippen LogP contribution in [0.25, 0.3) is 0 Å². The smallest absolute Gasteiger partial charge is 0.334 e. The summed E-state index contributed by atoms with van der Waals surface area (Å²) < 4.78 is 4.74. The SMILES string of the molecule is C=C(C(=O)OCC)C(Br)CBr. The summed E-state index contributed by atoms with van der Waals surface area (Å²) in [7, 11) is 0. The third kappa shape index (κ3) is 3.91. The van der Waals surface area contributed by atoms with E-state index < -0.39 is 0 Å². The molecule has 0 aliphatic carbocycles. The summed E-state index contributed by atoms with van der Waals surface area (Å²) >= 11 is 6.48. The molecule has 0 aromatic carbocycles. The Labute approximate surface area is 83.2 Å². The molecule has 0 aliphatic heterocycles. The Morgan fingerprint density at radius 2 is 2.27 bits per heavy atom. The molecule has 0 radical (unpaired) electrons. The zero-order chi connectivity index (χ0) is 8.85. The summed E-state index contributed by atoms with van der Waals surface area (Å²) in [5, 5.41) is 0.657. The van der Waals surface area contributed by atoms with Crippen LogP contribution in [-0.4, -0.2) is 22.7 Å². The van der Waals surface area contributed by atoms with Gasteiger partial charge in [0.05, 0.1) is 11.4 Å². The molecule has 0 aromatic rings. The molecule has 0 rings (SSSR count). The molecule has 0 aliphatic rings. The molecule has 0 saturated heterocycles. The molecule has 4 heteroatoms. The van der Waals surface area contributed by atoms with Crippen molar-refractivity contribution in [3.05, 3.63) is 12.2 Å². The van der Waals surface area contributed by atoms with Gasteiger partial charge in [0.1, 0.15) is 0 Å². The zero-order valence-electron chi connectivity index (χ0n) is 6.27. The molecule has 1 unspecified atom stereocenters. The van der Waals surface area contributed by atoms with Crippen molar-refractivity contribution in [2.75, 3.05) is 11.9 Å². The van der Waals surface area contributed by atoms with Crippen LogP contribution in [0.1, 0.15) is 6.92 Å². The molecular formula is C7H10Br2O2. The Kier molecular flexibility index (Phi) is 5.86. The van der Waals surface area contributed by atoms with E-state index in [4.69, 9.17) is 4.74 Å². The predicted molar refractivity (Wildman–Crippen MR) is 52.3 cm³/mol. The van der Waals surface area contributed by atoms with E-state index in [2.05, 4.69) is 38.4 Å². The van der Waals surface area contributed by atoms with Crippen molar-refractivity contribution >= 4 is 37.8 Å². The average Bonchev–Trinajstić information content (AvgIpc) is 2.02. The topological polar surface area (TPSA) is 26.3 Å². The summed E-state index contributed by atoms with van der Waals surface area (Å²) in [6.45, 7) is 5.75. The van der Waals surface area contributed by atoms with Gasteiger partial charge in [0.2, 0.25) is 0 Å². The van der Waals surface area contributed by atoms with Crippen molar-refractivity contribution < 1.29 is 9.53 Å². The summed E-state index contributed by atoms with van der Waals surface area (Å²) in [6, 6.07) is 0. The Morgan fingerprint density at radius 3 is 2.64 bits per heavy atom. The quantitative estimate of drug-likeness (QED) is 0.450. The van der Waals surface area contributed by atoms with E-state index in [1.165, 1.54) is 0 Å². The number of halogens is 2. The van der Waals surface area contributed by atoms with Gasteiger partial charge in [0.15, 0.2) is 0 Å². The first kappa shape index (κ1) is 11.2. The maximum absolute atomic E-state index is 11.0. The lowest BCUT2D eigenvalue weighted by atomic mass is 10.2. The minimum atomic E-state index is -0.339. The number of hydrogen-bond donors (Lipinski definition) is 0. The maximum atomic E-state index is 11.0. The monoisotopic (exact) mass is 284 g/mol. The Hall–Kier alpha value is 0.170. The highest BCUT2D eigenvalue weighted by Crippen LogP contribution is 2.14. The second kappa shape index (κ2) is 5.77. The summed E-state index contributed by atoms with van der Waals surface area (Å²) in [4.78, 5) is 10.9. The second-order valence-electron chi connectivity index (χ2n) is 1.87. The van der Waals surface area contributed by atoms with E-state index in [1.807, 2.05) is 0 Å². The lowest BCUT2D eigenvalue weighted by molar-refractivity contribution is -0.138. The third-order valence-corrected chi connectivity index (χ3v) is 3.44. The van der Waals surface area contributed by atoms with Gasteiger partial charge in [0.25, 0.3) is 0 Å². The van der Waals surface area contributed by atoms with Crippen molar-refractivity contribution in [2.24, 2.45) is 0 Å². The number of ether oxygens (including phenoxy) is 1. The number of carbonyl (C=O) groups excluding carboxylic acids is 1. The van der Waals surface area contributed by atoms with E-state index in [0.29, 0.717) is 17.5 Å². The van der Waals surface area contributed by atoms with Gasteiger partial charge in [-0.3, -0.25) is 0 Å². The Balaban J connectivity index is 3.92. The standard InChI is InChI=1S/C7H10Br2O2/c1-3-11-7(10)5(2)6(9)4-8/h6H,2-4H2,1H3. The van der Waals surface area contributed by atoms with Crippen LogP contribution in [-0.2, 0) is 9.53 Å². The summed E-state index contributed by atoms with van der Waals surface area (Å²) in [5.41, 5.74) is 0.448. The van der Waals surface area contributed by atoms with Crippen molar-refractivity contribution in [2.45, 2.75) is 11.8 Å².